The molecular formula is C15H22F3N. The summed E-state index contributed by atoms with van der Waals surface area (Å²) < 4.78 is 39.2. The highest BCUT2D eigenvalue weighted by molar-refractivity contribution is 5.19. The minimum atomic E-state index is -1.15. The standard InChI is InChI=1S/C15H22F3N/c1-10(2)5-4-6-11(3)19-9-12-7-14(17)15(18)8-13(12)16/h7-8,10-11,19H,4-6,9H2,1-3H3. The third kappa shape index (κ3) is 5.64. The molecule has 1 unspecified atom stereocenters. The Morgan fingerprint density at radius 2 is 1.58 bits per heavy atom. The van der Waals surface area contributed by atoms with Gasteiger partial charge < -0.3 is 5.32 Å². The molecule has 0 aromatic heterocycles. The van der Waals surface area contributed by atoms with Gasteiger partial charge in [-0.1, -0.05) is 26.7 Å². The summed E-state index contributed by atoms with van der Waals surface area (Å²) in [6.45, 7) is 6.58. The first-order valence-corrected chi connectivity index (χ1v) is 6.77. The summed E-state index contributed by atoms with van der Waals surface area (Å²) in [5.41, 5.74) is 0.162. The second-order valence-corrected chi connectivity index (χ2v) is 5.46. The van der Waals surface area contributed by atoms with Crippen molar-refractivity contribution in [3.05, 3.63) is 35.1 Å². The van der Waals surface area contributed by atoms with Gasteiger partial charge in [0.1, 0.15) is 5.82 Å². The van der Waals surface area contributed by atoms with Crippen LogP contribution in [0.15, 0.2) is 12.1 Å². The van der Waals surface area contributed by atoms with E-state index in [1.807, 2.05) is 6.92 Å². The minimum Gasteiger partial charge on any atom is -0.310 e. The van der Waals surface area contributed by atoms with Crippen molar-refractivity contribution < 1.29 is 13.2 Å². The van der Waals surface area contributed by atoms with Crippen LogP contribution in [0.5, 0.6) is 0 Å². The fourth-order valence-corrected chi connectivity index (χ4v) is 1.92. The van der Waals surface area contributed by atoms with E-state index in [4.69, 9.17) is 0 Å². The van der Waals surface area contributed by atoms with Crippen molar-refractivity contribution in [3.8, 4) is 0 Å². The first kappa shape index (κ1) is 16.0. The zero-order valence-electron chi connectivity index (χ0n) is 11.8. The highest BCUT2D eigenvalue weighted by atomic mass is 19.2. The van der Waals surface area contributed by atoms with E-state index in [1.54, 1.807) is 0 Å². The molecule has 19 heavy (non-hydrogen) atoms. The molecule has 1 aromatic rings. The Bertz CT molecular complexity index is 405. The fraction of sp³-hybridized carbons (Fsp3) is 0.600. The van der Waals surface area contributed by atoms with Crippen molar-refractivity contribution in [1.29, 1.82) is 0 Å². The van der Waals surface area contributed by atoms with E-state index < -0.39 is 17.5 Å². The zero-order valence-corrected chi connectivity index (χ0v) is 11.8. The van der Waals surface area contributed by atoms with Crippen LogP contribution in [0.4, 0.5) is 13.2 Å². The van der Waals surface area contributed by atoms with Crippen LogP contribution in [0.1, 0.15) is 45.6 Å². The van der Waals surface area contributed by atoms with Gasteiger partial charge in [0.05, 0.1) is 0 Å². The van der Waals surface area contributed by atoms with E-state index >= 15 is 0 Å². The summed E-state index contributed by atoms with van der Waals surface area (Å²) >= 11 is 0. The minimum absolute atomic E-state index is 0.162. The Kier molecular flexibility index (Phi) is 6.35. The van der Waals surface area contributed by atoms with E-state index in [9.17, 15) is 13.2 Å². The largest absolute Gasteiger partial charge is 0.310 e. The van der Waals surface area contributed by atoms with Gasteiger partial charge in [-0.3, -0.25) is 0 Å². The van der Waals surface area contributed by atoms with Gasteiger partial charge in [-0.15, -0.1) is 0 Å². The molecule has 1 N–H and O–H groups in total. The lowest BCUT2D eigenvalue weighted by molar-refractivity contribution is 0.447. The molecule has 0 saturated heterocycles. The molecule has 1 aromatic carbocycles. The van der Waals surface area contributed by atoms with Crippen molar-refractivity contribution in [3.63, 3.8) is 0 Å². The van der Waals surface area contributed by atoms with Crippen molar-refractivity contribution in [1.82, 2.24) is 5.32 Å². The van der Waals surface area contributed by atoms with Crippen LogP contribution < -0.4 is 5.32 Å². The predicted molar refractivity (Wildman–Crippen MR) is 71.3 cm³/mol. The van der Waals surface area contributed by atoms with Crippen LogP contribution in [0, 0.1) is 23.4 Å². The molecular weight excluding hydrogens is 251 g/mol. The quantitative estimate of drug-likeness (QED) is 0.726. The maximum absolute atomic E-state index is 13.4. The lowest BCUT2D eigenvalue weighted by Crippen LogP contribution is -2.26. The smallest absolute Gasteiger partial charge is 0.161 e. The average molecular weight is 273 g/mol. The predicted octanol–water partition coefficient (Wildman–Crippen LogP) is 4.41. The normalized spacial score (nSPS) is 13.0. The fourth-order valence-electron chi connectivity index (χ4n) is 1.92. The van der Waals surface area contributed by atoms with Gasteiger partial charge in [-0.2, -0.15) is 0 Å². The third-order valence-electron chi connectivity index (χ3n) is 3.15. The molecule has 0 spiro atoms. The Labute approximate surface area is 113 Å². The van der Waals surface area contributed by atoms with Crippen LogP contribution in [0.3, 0.4) is 0 Å². The van der Waals surface area contributed by atoms with Gasteiger partial charge >= 0.3 is 0 Å². The Balaban J connectivity index is 2.42. The van der Waals surface area contributed by atoms with E-state index in [-0.39, 0.29) is 18.2 Å². The van der Waals surface area contributed by atoms with E-state index in [0.29, 0.717) is 12.0 Å². The molecule has 0 radical (unpaired) electrons. The Morgan fingerprint density at radius 3 is 2.21 bits per heavy atom. The van der Waals surface area contributed by atoms with Crippen molar-refractivity contribution >= 4 is 0 Å². The maximum Gasteiger partial charge on any atom is 0.161 e. The molecule has 108 valence electrons. The molecule has 0 aliphatic rings. The lowest BCUT2D eigenvalue weighted by Gasteiger charge is -2.15. The van der Waals surface area contributed by atoms with Gasteiger partial charge in [0.25, 0.3) is 0 Å². The summed E-state index contributed by atoms with van der Waals surface area (Å²) in [4.78, 5) is 0. The Morgan fingerprint density at radius 1 is 0.947 bits per heavy atom. The molecule has 0 aliphatic heterocycles. The molecule has 0 heterocycles. The summed E-state index contributed by atoms with van der Waals surface area (Å²) in [5, 5.41) is 3.13. The van der Waals surface area contributed by atoms with E-state index in [0.717, 1.165) is 25.3 Å². The van der Waals surface area contributed by atoms with Crippen molar-refractivity contribution in [2.45, 2.75) is 52.6 Å². The van der Waals surface area contributed by atoms with Crippen LogP contribution in [-0.4, -0.2) is 6.04 Å². The van der Waals surface area contributed by atoms with Crippen LogP contribution in [-0.2, 0) is 6.54 Å². The third-order valence-corrected chi connectivity index (χ3v) is 3.15. The molecule has 0 saturated carbocycles. The number of rotatable bonds is 7. The molecule has 1 atom stereocenters. The molecule has 0 aliphatic carbocycles. The number of hydrogen-bond donors (Lipinski definition) is 1. The van der Waals surface area contributed by atoms with Crippen molar-refractivity contribution in [2.75, 3.05) is 0 Å². The van der Waals surface area contributed by atoms with Crippen LogP contribution >= 0.6 is 0 Å². The SMILES string of the molecule is CC(C)CCCC(C)NCc1cc(F)c(F)cc1F. The first-order chi connectivity index (χ1) is 8.90. The van der Waals surface area contributed by atoms with Crippen molar-refractivity contribution in [2.24, 2.45) is 5.92 Å². The van der Waals surface area contributed by atoms with Gasteiger partial charge in [-0.05, 0) is 25.3 Å². The number of nitrogens with one attached hydrogen (secondary N) is 1. The van der Waals surface area contributed by atoms with E-state index in [1.165, 1.54) is 0 Å². The highest BCUT2D eigenvalue weighted by Gasteiger charge is 2.10. The summed E-state index contributed by atoms with van der Waals surface area (Å²) in [6, 6.07) is 1.74. The maximum atomic E-state index is 13.4. The number of benzene rings is 1. The molecule has 0 bridgehead atoms. The van der Waals surface area contributed by atoms with Gasteiger partial charge in [0.15, 0.2) is 11.6 Å². The second-order valence-electron chi connectivity index (χ2n) is 5.46. The Hall–Kier alpha value is -1.03. The molecule has 4 heteroatoms. The number of halogens is 3. The summed E-state index contributed by atoms with van der Waals surface area (Å²) in [6.07, 6.45) is 3.25. The van der Waals surface area contributed by atoms with Gasteiger partial charge in [0.2, 0.25) is 0 Å². The summed E-state index contributed by atoms with van der Waals surface area (Å²) in [5.74, 6) is -2.19. The second kappa shape index (κ2) is 7.53. The molecule has 0 amide bonds. The monoisotopic (exact) mass is 273 g/mol. The highest BCUT2D eigenvalue weighted by Crippen LogP contribution is 2.14. The first-order valence-electron chi connectivity index (χ1n) is 6.77. The molecule has 1 nitrogen and oxygen atoms in total. The van der Waals surface area contributed by atoms with E-state index in [2.05, 4.69) is 19.2 Å². The zero-order chi connectivity index (χ0) is 14.4. The molecule has 1 rings (SSSR count). The lowest BCUT2D eigenvalue weighted by atomic mass is 10.0. The van der Waals surface area contributed by atoms with Crippen LogP contribution in [0.2, 0.25) is 0 Å². The topological polar surface area (TPSA) is 12.0 Å². The molecule has 0 fully saturated rings. The average Bonchev–Trinajstić information content (AvgIpc) is 2.31. The van der Waals surface area contributed by atoms with Gasteiger partial charge in [-0.25, -0.2) is 13.2 Å². The number of hydrogen-bond acceptors (Lipinski definition) is 1. The van der Waals surface area contributed by atoms with Gasteiger partial charge in [0, 0.05) is 24.2 Å². The summed E-state index contributed by atoms with van der Waals surface area (Å²) in [7, 11) is 0. The van der Waals surface area contributed by atoms with Crippen LogP contribution in [0.25, 0.3) is 0 Å².